The van der Waals surface area contributed by atoms with Gasteiger partial charge in [0, 0.05) is 13.6 Å². The molecule has 0 aliphatic carbocycles. The molecule has 136 valence electrons. The number of ether oxygens (including phenoxy) is 2. The second-order valence-corrected chi connectivity index (χ2v) is 8.02. The van der Waals surface area contributed by atoms with Gasteiger partial charge in [-0.2, -0.15) is 4.31 Å². The minimum atomic E-state index is -3.82. The zero-order valence-electron chi connectivity index (χ0n) is 14.1. The molecule has 0 amide bonds. The Morgan fingerprint density at radius 3 is 2.72 bits per heavy atom. The van der Waals surface area contributed by atoms with Crippen LogP contribution < -0.4 is 9.47 Å². The fraction of sp³-hybridized carbons (Fsp3) is 0.438. The van der Waals surface area contributed by atoms with E-state index in [-0.39, 0.29) is 23.3 Å². The lowest BCUT2D eigenvalue weighted by Gasteiger charge is -2.30. The topological polar surface area (TPSA) is 73.7 Å². The monoisotopic (exact) mass is 385 g/mol. The minimum Gasteiger partial charge on any atom is -0.486 e. The summed E-state index contributed by atoms with van der Waals surface area (Å²) in [6.07, 6.45) is 1.64. The standard InChI is InChI=1S/C16H20ClN3O4S/c1-3-8-20(25(21,22)16-15(17)19(2)11-18-16)9-12-10-23-13-6-4-5-7-14(13)24-12/h4-7,11-12H,3,8-10H2,1-2H3/t12-/m0/s1. The molecule has 0 saturated carbocycles. The number of halogens is 1. The maximum Gasteiger partial charge on any atom is 0.263 e. The summed E-state index contributed by atoms with van der Waals surface area (Å²) in [4.78, 5) is 3.95. The average molecular weight is 386 g/mol. The maximum absolute atomic E-state index is 12.9. The second kappa shape index (κ2) is 7.23. The van der Waals surface area contributed by atoms with E-state index in [1.54, 1.807) is 13.1 Å². The number of rotatable bonds is 6. The van der Waals surface area contributed by atoms with Gasteiger partial charge in [-0.15, -0.1) is 0 Å². The minimum absolute atomic E-state index is 0.0901. The first-order valence-corrected chi connectivity index (χ1v) is 9.80. The molecule has 2 heterocycles. The summed E-state index contributed by atoms with van der Waals surface area (Å²) in [5.74, 6) is 1.28. The highest BCUT2D eigenvalue weighted by molar-refractivity contribution is 7.89. The van der Waals surface area contributed by atoms with Crippen LogP contribution in [0.15, 0.2) is 35.6 Å². The van der Waals surface area contributed by atoms with Gasteiger partial charge in [0.15, 0.2) is 11.5 Å². The van der Waals surface area contributed by atoms with Crippen LogP contribution in [0.5, 0.6) is 11.5 Å². The van der Waals surface area contributed by atoms with Gasteiger partial charge in [0.05, 0.1) is 12.9 Å². The molecule has 7 nitrogen and oxygen atoms in total. The van der Waals surface area contributed by atoms with Crippen LogP contribution in [0.25, 0.3) is 0 Å². The first-order valence-electron chi connectivity index (χ1n) is 7.99. The summed E-state index contributed by atoms with van der Waals surface area (Å²) in [7, 11) is -2.17. The summed E-state index contributed by atoms with van der Waals surface area (Å²) in [5.41, 5.74) is 0. The number of aryl methyl sites for hydroxylation is 1. The molecule has 1 aliphatic rings. The van der Waals surface area contributed by atoms with E-state index < -0.39 is 16.1 Å². The van der Waals surface area contributed by atoms with Gasteiger partial charge in [-0.3, -0.25) is 0 Å². The molecule has 0 unspecified atom stereocenters. The SMILES string of the molecule is CCCN(C[C@H]1COc2ccccc2O1)S(=O)(=O)c1ncn(C)c1Cl. The number of aromatic nitrogens is 2. The highest BCUT2D eigenvalue weighted by Gasteiger charge is 2.33. The van der Waals surface area contributed by atoms with Crippen molar-refractivity contribution in [2.45, 2.75) is 24.5 Å². The van der Waals surface area contributed by atoms with Crippen molar-refractivity contribution in [3.05, 3.63) is 35.7 Å². The van der Waals surface area contributed by atoms with E-state index >= 15 is 0 Å². The Balaban J connectivity index is 1.81. The number of sulfonamides is 1. The van der Waals surface area contributed by atoms with E-state index in [1.807, 2.05) is 25.1 Å². The van der Waals surface area contributed by atoms with Crippen molar-refractivity contribution in [1.29, 1.82) is 0 Å². The molecule has 1 aromatic heterocycles. The zero-order valence-corrected chi connectivity index (χ0v) is 15.6. The van der Waals surface area contributed by atoms with Gasteiger partial charge < -0.3 is 14.0 Å². The van der Waals surface area contributed by atoms with E-state index in [0.717, 1.165) is 0 Å². The van der Waals surface area contributed by atoms with Crippen molar-refractivity contribution in [3.8, 4) is 11.5 Å². The van der Waals surface area contributed by atoms with Crippen molar-refractivity contribution in [1.82, 2.24) is 13.9 Å². The molecule has 0 saturated heterocycles. The molecule has 25 heavy (non-hydrogen) atoms. The van der Waals surface area contributed by atoms with Crippen LogP contribution in [0.4, 0.5) is 0 Å². The normalized spacial score (nSPS) is 17.0. The van der Waals surface area contributed by atoms with E-state index in [9.17, 15) is 8.42 Å². The van der Waals surface area contributed by atoms with Gasteiger partial charge >= 0.3 is 0 Å². The van der Waals surface area contributed by atoms with Crippen molar-refractivity contribution < 1.29 is 17.9 Å². The lowest BCUT2D eigenvalue weighted by molar-refractivity contribution is 0.0763. The van der Waals surface area contributed by atoms with Crippen LogP contribution in [0.1, 0.15) is 13.3 Å². The fourth-order valence-corrected chi connectivity index (χ4v) is 4.58. The van der Waals surface area contributed by atoms with E-state index in [2.05, 4.69) is 4.98 Å². The Morgan fingerprint density at radius 2 is 2.08 bits per heavy atom. The number of para-hydroxylation sites is 2. The molecule has 2 aromatic rings. The predicted molar refractivity (Wildman–Crippen MR) is 93.6 cm³/mol. The van der Waals surface area contributed by atoms with E-state index in [4.69, 9.17) is 21.1 Å². The highest BCUT2D eigenvalue weighted by atomic mass is 35.5. The lowest BCUT2D eigenvalue weighted by Crippen LogP contribution is -2.44. The summed E-state index contributed by atoms with van der Waals surface area (Å²) < 4.78 is 40.3. The van der Waals surface area contributed by atoms with Crippen molar-refractivity contribution in [2.24, 2.45) is 7.05 Å². The zero-order chi connectivity index (χ0) is 18.0. The molecule has 0 spiro atoms. The number of benzene rings is 1. The number of nitrogens with zero attached hydrogens (tertiary/aromatic N) is 3. The van der Waals surface area contributed by atoms with E-state index in [0.29, 0.717) is 24.5 Å². The Kier molecular flexibility index (Phi) is 5.21. The fourth-order valence-electron chi connectivity index (χ4n) is 2.63. The van der Waals surface area contributed by atoms with Gasteiger partial charge in [-0.05, 0) is 18.6 Å². The van der Waals surface area contributed by atoms with Crippen molar-refractivity contribution >= 4 is 21.6 Å². The Hall–Kier alpha value is -1.77. The number of fused-ring (bicyclic) bond motifs is 1. The van der Waals surface area contributed by atoms with Crippen molar-refractivity contribution in [2.75, 3.05) is 19.7 Å². The van der Waals surface area contributed by atoms with Crippen LogP contribution >= 0.6 is 11.6 Å². The number of hydrogen-bond acceptors (Lipinski definition) is 5. The third-order valence-electron chi connectivity index (χ3n) is 3.87. The predicted octanol–water partition coefficient (Wildman–Crippen LogP) is 2.31. The third kappa shape index (κ3) is 3.61. The third-order valence-corrected chi connectivity index (χ3v) is 6.22. The number of hydrogen-bond donors (Lipinski definition) is 0. The molecule has 0 radical (unpaired) electrons. The lowest BCUT2D eigenvalue weighted by atomic mass is 10.2. The summed E-state index contributed by atoms with van der Waals surface area (Å²) in [6, 6.07) is 7.33. The Morgan fingerprint density at radius 1 is 1.36 bits per heavy atom. The first-order chi connectivity index (χ1) is 11.9. The molecule has 9 heteroatoms. The summed E-state index contributed by atoms with van der Waals surface area (Å²) in [5, 5.41) is -0.0468. The summed E-state index contributed by atoms with van der Waals surface area (Å²) >= 11 is 6.09. The highest BCUT2D eigenvalue weighted by Crippen LogP contribution is 2.31. The van der Waals surface area contributed by atoms with Crippen LogP contribution in [0, 0.1) is 0 Å². The summed E-state index contributed by atoms with van der Waals surface area (Å²) in [6.45, 7) is 2.70. The molecule has 0 bridgehead atoms. The Bertz CT molecular complexity index is 853. The van der Waals surface area contributed by atoms with Crippen LogP contribution in [0.3, 0.4) is 0 Å². The molecule has 1 atom stereocenters. The number of imidazole rings is 1. The van der Waals surface area contributed by atoms with Gasteiger partial charge in [-0.25, -0.2) is 13.4 Å². The quantitative estimate of drug-likeness (QED) is 0.762. The van der Waals surface area contributed by atoms with Crippen molar-refractivity contribution in [3.63, 3.8) is 0 Å². The molecule has 1 aromatic carbocycles. The maximum atomic E-state index is 12.9. The van der Waals surface area contributed by atoms with Gasteiger partial charge in [0.1, 0.15) is 17.9 Å². The van der Waals surface area contributed by atoms with Gasteiger partial charge in [0.25, 0.3) is 10.0 Å². The van der Waals surface area contributed by atoms with Crippen LogP contribution in [-0.2, 0) is 17.1 Å². The molecule has 3 rings (SSSR count). The molecule has 1 aliphatic heterocycles. The first kappa shape index (κ1) is 18.0. The molecular weight excluding hydrogens is 366 g/mol. The van der Waals surface area contributed by atoms with E-state index in [1.165, 1.54) is 15.2 Å². The average Bonchev–Trinajstić information content (AvgIpc) is 2.94. The van der Waals surface area contributed by atoms with Crippen LogP contribution in [0.2, 0.25) is 5.15 Å². The second-order valence-electron chi connectivity index (χ2n) is 5.81. The smallest absolute Gasteiger partial charge is 0.263 e. The Labute approximate surface area is 152 Å². The molecule has 0 fully saturated rings. The van der Waals surface area contributed by atoms with Gasteiger partial charge in [-0.1, -0.05) is 30.7 Å². The van der Waals surface area contributed by atoms with Crippen LogP contribution in [-0.4, -0.2) is 48.1 Å². The molecular formula is C16H20ClN3O4S. The van der Waals surface area contributed by atoms with Gasteiger partial charge in [0.2, 0.25) is 5.03 Å². The molecule has 0 N–H and O–H groups in total. The largest absolute Gasteiger partial charge is 0.486 e.